The predicted octanol–water partition coefficient (Wildman–Crippen LogP) is 3.60. The highest BCUT2D eigenvalue weighted by Gasteiger charge is 2.15. The summed E-state index contributed by atoms with van der Waals surface area (Å²) in [5.74, 6) is 1.64. The second-order valence-electron chi connectivity index (χ2n) is 4.89. The quantitative estimate of drug-likeness (QED) is 0.799. The number of oxazole rings is 1. The Bertz CT molecular complexity index is 794. The van der Waals surface area contributed by atoms with Gasteiger partial charge < -0.3 is 9.73 Å². The smallest absolute Gasteiger partial charge is 0.236 e. The van der Waals surface area contributed by atoms with E-state index in [0.29, 0.717) is 23.2 Å². The van der Waals surface area contributed by atoms with E-state index >= 15 is 0 Å². The van der Waals surface area contributed by atoms with Gasteiger partial charge in [0, 0.05) is 6.20 Å². The normalized spacial score (nSPS) is 10.6. The fourth-order valence-electron chi connectivity index (χ4n) is 2.04. The van der Waals surface area contributed by atoms with Crippen molar-refractivity contribution in [3.63, 3.8) is 0 Å². The lowest BCUT2D eigenvalue weighted by atomic mass is 10.2. The zero-order valence-electron chi connectivity index (χ0n) is 12.3. The Balaban J connectivity index is 1.73. The molecule has 3 heterocycles. The van der Waals surface area contributed by atoms with Gasteiger partial charge in [0.25, 0.3) is 0 Å². The summed E-state index contributed by atoms with van der Waals surface area (Å²) >= 11 is 1.55. The molecule has 0 saturated heterocycles. The summed E-state index contributed by atoms with van der Waals surface area (Å²) in [6.45, 7) is 3.72. The van der Waals surface area contributed by atoms with Crippen LogP contribution in [0.15, 0.2) is 40.3 Å². The number of rotatable bonds is 4. The number of aryl methyl sites for hydroxylation is 2. The molecule has 0 saturated carbocycles. The molecule has 0 atom stereocenters. The minimum absolute atomic E-state index is 0.157. The molecule has 1 N–H and O–H groups in total. The first-order valence-corrected chi connectivity index (χ1v) is 7.73. The number of hydrogen-bond acceptors (Lipinski definition) is 5. The van der Waals surface area contributed by atoms with Gasteiger partial charge in [0.15, 0.2) is 0 Å². The molecule has 0 bridgehead atoms. The number of pyridine rings is 1. The first kappa shape index (κ1) is 14.5. The van der Waals surface area contributed by atoms with Crippen LogP contribution in [-0.4, -0.2) is 15.9 Å². The van der Waals surface area contributed by atoms with Crippen LogP contribution in [0.5, 0.6) is 0 Å². The fraction of sp³-hybridized carbons (Fsp3) is 0.188. The summed E-state index contributed by atoms with van der Waals surface area (Å²) in [6, 6.07) is 7.62. The van der Waals surface area contributed by atoms with Crippen molar-refractivity contribution in [1.82, 2.24) is 9.97 Å². The molecule has 22 heavy (non-hydrogen) atoms. The van der Waals surface area contributed by atoms with E-state index in [9.17, 15) is 4.79 Å². The minimum atomic E-state index is -0.157. The summed E-state index contributed by atoms with van der Waals surface area (Å²) in [7, 11) is 0. The first-order valence-electron chi connectivity index (χ1n) is 6.85. The highest BCUT2D eigenvalue weighted by molar-refractivity contribution is 7.13. The molecule has 0 unspecified atom stereocenters. The number of thiophene rings is 1. The summed E-state index contributed by atoms with van der Waals surface area (Å²) < 4.78 is 5.64. The maximum atomic E-state index is 12.2. The molecule has 5 nitrogen and oxygen atoms in total. The average Bonchev–Trinajstić information content (AvgIpc) is 3.12. The lowest BCUT2D eigenvalue weighted by Gasteiger charge is -2.05. The van der Waals surface area contributed by atoms with Crippen molar-refractivity contribution in [3.8, 4) is 10.8 Å². The van der Waals surface area contributed by atoms with Gasteiger partial charge in [-0.3, -0.25) is 4.79 Å². The number of aromatic nitrogens is 2. The van der Waals surface area contributed by atoms with Gasteiger partial charge >= 0.3 is 0 Å². The van der Waals surface area contributed by atoms with Crippen LogP contribution < -0.4 is 5.32 Å². The van der Waals surface area contributed by atoms with Gasteiger partial charge in [0.05, 0.1) is 17.0 Å². The molecule has 0 aliphatic heterocycles. The Hall–Kier alpha value is -2.47. The molecule has 0 fully saturated rings. The molecule has 0 aromatic carbocycles. The second kappa shape index (κ2) is 6.11. The summed E-state index contributed by atoms with van der Waals surface area (Å²) in [5.41, 5.74) is 1.57. The largest absolute Gasteiger partial charge is 0.440 e. The Morgan fingerprint density at radius 3 is 2.91 bits per heavy atom. The molecule has 3 rings (SSSR count). The molecule has 6 heteroatoms. The highest BCUT2D eigenvalue weighted by Crippen LogP contribution is 2.26. The number of carbonyl (C=O) groups is 1. The lowest BCUT2D eigenvalue weighted by molar-refractivity contribution is -0.115. The van der Waals surface area contributed by atoms with Crippen LogP contribution >= 0.6 is 11.3 Å². The number of nitrogens with zero attached hydrogens (tertiary/aromatic N) is 2. The van der Waals surface area contributed by atoms with Crippen molar-refractivity contribution in [2.75, 3.05) is 5.32 Å². The molecular weight excluding hydrogens is 298 g/mol. The van der Waals surface area contributed by atoms with E-state index in [1.54, 1.807) is 17.5 Å². The van der Waals surface area contributed by atoms with E-state index in [4.69, 9.17) is 4.42 Å². The van der Waals surface area contributed by atoms with Crippen molar-refractivity contribution in [2.24, 2.45) is 0 Å². The standard InChI is InChI=1S/C16H15N3O2S/c1-10-5-3-7-17-15(10)19-14(20)9-12-11(2)21-16(18-12)13-6-4-8-22-13/h3-8H,9H2,1-2H3,(H,17,19,20). The van der Waals surface area contributed by atoms with Crippen molar-refractivity contribution in [2.45, 2.75) is 20.3 Å². The van der Waals surface area contributed by atoms with Gasteiger partial charge in [-0.15, -0.1) is 11.3 Å². The maximum absolute atomic E-state index is 12.2. The molecule has 3 aromatic heterocycles. The van der Waals surface area contributed by atoms with Gasteiger partial charge in [0.1, 0.15) is 11.6 Å². The van der Waals surface area contributed by atoms with Gasteiger partial charge in [-0.25, -0.2) is 9.97 Å². The molecule has 0 aliphatic carbocycles. The molecule has 3 aromatic rings. The van der Waals surface area contributed by atoms with E-state index in [-0.39, 0.29) is 12.3 Å². The number of amides is 1. The van der Waals surface area contributed by atoms with E-state index in [2.05, 4.69) is 15.3 Å². The molecule has 0 spiro atoms. The van der Waals surface area contributed by atoms with E-state index in [1.165, 1.54) is 0 Å². The Kier molecular flexibility index (Phi) is 4.02. The highest BCUT2D eigenvalue weighted by atomic mass is 32.1. The van der Waals surface area contributed by atoms with Crippen molar-refractivity contribution < 1.29 is 9.21 Å². The van der Waals surface area contributed by atoms with Crippen LogP contribution in [0.25, 0.3) is 10.8 Å². The van der Waals surface area contributed by atoms with Crippen LogP contribution in [-0.2, 0) is 11.2 Å². The molecule has 0 aliphatic rings. The summed E-state index contributed by atoms with van der Waals surface area (Å²) in [4.78, 5) is 21.7. The van der Waals surface area contributed by atoms with Crippen molar-refractivity contribution in [3.05, 3.63) is 52.9 Å². The third-order valence-corrected chi connectivity index (χ3v) is 4.08. The number of nitrogens with one attached hydrogen (secondary N) is 1. The summed E-state index contributed by atoms with van der Waals surface area (Å²) in [6.07, 6.45) is 1.82. The number of anilines is 1. The van der Waals surface area contributed by atoms with Crippen molar-refractivity contribution in [1.29, 1.82) is 0 Å². The Morgan fingerprint density at radius 1 is 1.32 bits per heavy atom. The molecule has 112 valence electrons. The van der Waals surface area contributed by atoms with E-state index in [1.807, 2.05) is 43.5 Å². The predicted molar refractivity (Wildman–Crippen MR) is 85.9 cm³/mol. The third-order valence-electron chi connectivity index (χ3n) is 3.22. The van der Waals surface area contributed by atoms with Crippen LogP contribution in [0.1, 0.15) is 17.0 Å². The average molecular weight is 313 g/mol. The van der Waals surface area contributed by atoms with Crippen molar-refractivity contribution >= 4 is 23.1 Å². The van der Waals surface area contributed by atoms with Gasteiger partial charge in [0.2, 0.25) is 11.8 Å². The molecule has 1 amide bonds. The zero-order chi connectivity index (χ0) is 15.5. The molecular formula is C16H15N3O2S. The summed E-state index contributed by atoms with van der Waals surface area (Å²) in [5, 5.41) is 4.76. The minimum Gasteiger partial charge on any atom is -0.440 e. The molecule has 0 radical (unpaired) electrons. The first-order chi connectivity index (χ1) is 10.6. The Morgan fingerprint density at radius 2 is 2.18 bits per heavy atom. The van der Waals surface area contributed by atoms with Crippen LogP contribution in [0, 0.1) is 13.8 Å². The second-order valence-corrected chi connectivity index (χ2v) is 5.84. The fourth-order valence-corrected chi connectivity index (χ4v) is 2.69. The van der Waals surface area contributed by atoms with Crippen LogP contribution in [0.4, 0.5) is 5.82 Å². The third kappa shape index (κ3) is 3.07. The lowest BCUT2D eigenvalue weighted by Crippen LogP contribution is -2.16. The van der Waals surface area contributed by atoms with E-state index in [0.717, 1.165) is 10.4 Å². The topological polar surface area (TPSA) is 68.0 Å². The SMILES string of the molecule is Cc1cccnc1NC(=O)Cc1nc(-c2cccs2)oc1C. The maximum Gasteiger partial charge on any atom is 0.236 e. The van der Waals surface area contributed by atoms with Crippen LogP contribution in [0.3, 0.4) is 0 Å². The number of carbonyl (C=O) groups excluding carboxylic acids is 1. The van der Waals surface area contributed by atoms with Gasteiger partial charge in [-0.1, -0.05) is 12.1 Å². The zero-order valence-corrected chi connectivity index (χ0v) is 13.1. The number of hydrogen-bond donors (Lipinski definition) is 1. The van der Waals surface area contributed by atoms with Crippen LogP contribution in [0.2, 0.25) is 0 Å². The van der Waals surface area contributed by atoms with Gasteiger partial charge in [-0.05, 0) is 36.9 Å². The van der Waals surface area contributed by atoms with E-state index < -0.39 is 0 Å². The van der Waals surface area contributed by atoms with Gasteiger partial charge in [-0.2, -0.15) is 0 Å². The Labute approximate surface area is 132 Å². The monoisotopic (exact) mass is 313 g/mol.